The lowest BCUT2D eigenvalue weighted by atomic mass is 10.2. The molecular formula is C13H18N2O4S. The number of anilines is 1. The summed E-state index contributed by atoms with van der Waals surface area (Å²) in [5, 5.41) is 23.6. The van der Waals surface area contributed by atoms with E-state index in [1.807, 2.05) is 13.8 Å². The number of carbonyl (C=O) groups is 2. The minimum Gasteiger partial charge on any atom is -0.507 e. The second kappa shape index (κ2) is 7.64. The highest BCUT2D eigenvalue weighted by atomic mass is 32.2. The number of benzene rings is 1. The minimum atomic E-state index is -1.22. The third-order valence-electron chi connectivity index (χ3n) is 2.44. The normalized spacial score (nSPS) is 11.7. The van der Waals surface area contributed by atoms with E-state index >= 15 is 0 Å². The van der Waals surface area contributed by atoms with Crippen LogP contribution in [-0.2, 0) is 0 Å². The topological polar surface area (TPSA) is 98.7 Å². The van der Waals surface area contributed by atoms with Gasteiger partial charge in [-0.2, -0.15) is 11.8 Å². The van der Waals surface area contributed by atoms with Crippen LogP contribution in [0.3, 0.4) is 0 Å². The van der Waals surface area contributed by atoms with Gasteiger partial charge in [0.15, 0.2) is 0 Å². The second-order valence-electron chi connectivity index (χ2n) is 4.20. The van der Waals surface area contributed by atoms with Gasteiger partial charge in [0.1, 0.15) is 11.3 Å². The zero-order valence-corrected chi connectivity index (χ0v) is 12.2. The van der Waals surface area contributed by atoms with Crippen LogP contribution in [0.1, 0.15) is 24.2 Å². The molecule has 4 N–H and O–H groups in total. The second-order valence-corrected chi connectivity index (χ2v) is 5.51. The molecule has 1 unspecified atom stereocenters. The van der Waals surface area contributed by atoms with Crippen molar-refractivity contribution in [2.24, 2.45) is 0 Å². The molecule has 20 heavy (non-hydrogen) atoms. The summed E-state index contributed by atoms with van der Waals surface area (Å²) in [5.41, 5.74) is 0.129. The number of carboxylic acid groups (broad SMARTS) is 1. The Kier molecular flexibility index (Phi) is 6.17. The molecule has 0 aliphatic rings. The number of phenols is 1. The van der Waals surface area contributed by atoms with Gasteiger partial charge in [-0.1, -0.05) is 6.92 Å². The van der Waals surface area contributed by atoms with Crippen molar-refractivity contribution in [3.05, 3.63) is 23.8 Å². The van der Waals surface area contributed by atoms with Crippen molar-refractivity contribution >= 4 is 29.4 Å². The maximum Gasteiger partial charge on any atom is 0.339 e. The Balaban J connectivity index is 2.58. The first-order valence-electron chi connectivity index (χ1n) is 6.15. The van der Waals surface area contributed by atoms with E-state index in [1.54, 1.807) is 11.8 Å². The number of hydrogen-bond acceptors (Lipinski definition) is 4. The zero-order chi connectivity index (χ0) is 15.1. The highest BCUT2D eigenvalue weighted by molar-refractivity contribution is 7.99. The summed E-state index contributed by atoms with van der Waals surface area (Å²) in [6.45, 7) is 3.94. The maximum atomic E-state index is 11.7. The summed E-state index contributed by atoms with van der Waals surface area (Å²) in [7, 11) is 0. The number of thioether (sulfide) groups is 1. The molecule has 1 atom stereocenters. The van der Waals surface area contributed by atoms with Crippen LogP contribution in [0.4, 0.5) is 10.5 Å². The summed E-state index contributed by atoms with van der Waals surface area (Å²) in [4.78, 5) is 22.4. The number of nitrogens with one attached hydrogen (secondary N) is 2. The predicted molar refractivity (Wildman–Crippen MR) is 79.7 cm³/mol. The molecule has 0 aliphatic heterocycles. The molecule has 0 aliphatic carbocycles. The Morgan fingerprint density at radius 1 is 1.40 bits per heavy atom. The van der Waals surface area contributed by atoms with Gasteiger partial charge in [-0.25, -0.2) is 9.59 Å². The number of rotatable bonds is 6. The van der Waals surface area contributed by atoms with Gasteiger partial charge in [0.25, 0.3) is 0 Å². The van der Waals surface area contributed by atoms with Crippen LogP contribution in [0.2, 0.25) is 0 Å². The molecule has 0 bridgehead atoms. The van der Waals surface area contributed by atoms with Crippen LogP contribution in [-0.4, -0.2) is 39.8 Å². The van der Waals surface area contributed by atoms with Crippen molar-refractivity contribution < 1.29 is 19.8 Å². The van der Waals surface area contributed by atoms with Crippen molar-refractivity contribution in [2.75, 3.05) is 16.8 Å². The first-order chi connectivity index (χ1) is 9.43. The molecule has 0 aromatic heterocycles. The number of aromatic carboxylic acids is 1. The first kappa shape index (κ1) is 16.2. The monoisotopic (exact) mass is 298 g/mol. The third-order valence-corrected chi connectivity index (χ3v) is 3.58. The minimum absolute atomic E-state index is 0.0202. The van der Waals surface area contributed by atoms with Gasteiger partial charge in [0.05, 0.1) is 0 Å². The molecule has 0 saturated heterocycles. The number of urea groups is 1. The van der Waals surface area contributed by atoms with Gasteiger partial charge in [-0.3, -0.25) is 0 Å². The smallest absolute Gasteiger partial charge is 0.339 e. The number of aromatic hydroxyl groups is 1. The molecule has 2 amide bonds. The van der Waals surface area contributed by atoms with E-state index in [2.05, 4.69) is 10.6 Å². The van der Waals surface area contributed by atoms with E-state index in [-0.39, 0.29) is 17.4 Å². The molecule has 0 fully saturated rings. The summed E-state index contributed by atoms with van der Waals surface area (Å²) >= 11 is 1.72. The number of hydrogen-bond donors (Lipinski definition) is 4. The van der Waals surface area contributed by atoms with Crippen molar-refractivity contribution in [1.29, 1.82) is 0 Å². The molecule has 0 radical (unpaired) electrons. The zero-order valence-electron chi connectivity index (χ0n) is 11.3. The van der Waals surface area contributed by atoms with E-state index in [0.717, 1.165) is 11.5 Å². The van der Waals surface area contributed by atoms with E-state index in [0.29, 0.717) is 5.69 Å². The molecular weight excluding hydrogens is 280 g/mol. The van der Waals surface area contributed by atoms with Crippen LogP contribution >= 0.6 is 11.8 Å². The Labute approximate surface area is 121 Å². The van der Waals surface area contributed by atoms with Crippen LogP contribution in [0, 0.1) is 0 Å². The highest BCUT2D eigenvalue weighted by Gasteiger charge is 2.11. The molecule has 0 heterocycles. The van der Waals surface area contributed by atoms with Crippen LogP contribution in [0.15, 0.2) is 18.2 Å². The maximum absolute atomic E-state index is 11.7. The van der Waals surface area contributed by atoms with Crippen molar-refractivity contribution in [2.45, 2.75) is 19.9 Å². The van der Waals surface area contributed by atoms with E-state index in [1.165, 1.54) is 18.2 Å². The molecule has 110 valence electrons. The predicted octanol–water partition coefficient (Wildman–Crippen LogP) is 2.35. The number of carboxylic acids is 1. The lowest BCUT2D eigenvalue weighted by molar-refractivity contribution is 0.0694. The van der Waals surface area contributed by atoms with Crippen LogP contribution in [0.5, 0.6) is 5.75 Å². The van der Waals surface area contributed by atoms with Crippen molar-refractivity contribution in [1.82, 2.24) is 5.32 Å². The van der Waals surface area contributed by atoms with Crippen LogP contribution in [0.25, 0.3) is 0 Å². The molecule has 0 saturated carbocycles. The fraction of sp³-hybridized carbons (Fsp3) is 0.385. The average molecular weight is 298 g/mol. The van der Waals surface area contributed by atoms with Crippen molar-refractivity contribution in [3.63, 3.8) is 0 Å². The number of amides is 2. The quantitative estimate of drug-likeness (QED) is 0.646. The summed E-state index contributed by atoms with van der Waals surface area (Å²) < 4.78 is 0. The van der Waals surface area contributed by atoms with Gasteiger partial charge in [0, 0.05) is 23.5 Å². The molecule has 1 rings (SSSR count). The molecule has 7 heteroatoms. The fourth-order valence-electron chi connectivity index (χ4n) is 1.52. The average Bonchev–Trinajstić information content (AvgIpc) is 2.35. The Hall–Kier alpha value is -1.89. The van der Waals surface area contributed by atoms with Gasteiger partial charge in [0.2, 0.25) is 0 Å². The SMILES string of the molecule is CCSCC(C)NC(=O)Nc1ccc(C(=O)O)c(O)c1. The van der Waals surface area contributed by atoms with Crippen molar-refractivity contribution in [3.8, 4) is 5.75 Å². The van der Waals surface area contributed by atoms with Crippen LogP contribution < -0.4 is 10.6 Å². The van der Waals surface area contributed by atoms with E-state index < -0.39 is 12.0 Å². The highest BCUT2D eigenvalue weighted by Crippen LogP contribution is 2.21. The lowest BCUT2D eigenvalue weighted by Gasteiger charge is -2.14. The summed E-state index contributed by atoms with van der Waals surface area (Å²) in [6, 6.07) is 3.50. The van der Waals surface area contributed by atoms with Gasteiger partial charge >= 0.3 is 12.0 Å². The molecule has 1 aromatic rings. The molecule has 0 spiro atoms. The Morgan fingerprint density at radius 3 is 2.65 bits per heavy atom. The largest absolute Gasteiger partial charge is 0.507 e. The fourth-order valence-corrected chi connectivity index (χ4v) is 2.19. The van der Waals surface area contributed by atoms with Gasteiger partial charge in [-0.15, -0.1) is 0 Å². The molecule has 6 nitrogen and oxygen atoms in total. The van der Waals surface area contributed by atoms with E-state index in [4.69, 9.17) is 5.11 Å². The van der Waals surface area contributed by atoms with Gasteiger partial charge in [-0.05, 0) is 24.8 Å². The Morgan fingerprint density at radius 2 is 2.10 bits per heavy atom. The summed E-state index contributed by atoms with van der Waals surface area (Å²) in [6.07, 6.45) is 0. The van der Waals surface area contributed by atoms with Gasteiger partial charge < -0.3 is 20.8 Å². The standard InChI is InChI=1S/C13H18N2O4S/c1-3-20-7-8(2)14-13(19)15-9-4-5-10(12(17)18)11(16)6-9/h4-6,8,16H,3,7H2,1-2H3,(H,17,18)(H2,14,15,19). The lowest BCUT2D eigenvalue weighted by Crippen LogP contribution is -2.37. The Bertz CT molecular complexity index is 493. The third kappa shape index (κ3) is 5.00. The molecule has 1 aromatic carbocycles. The summed E-state index contributed by atoms with van der Waals surface area (Å²) in [5.74, 6) is 0.194. The van der Waals surface area contributed by atoms with E-state index in [9.17, 15) is 14.7 Å². The first-order valence-corrected chi connectivity index (χ1v) is 7.31. The number of carbonyl (C=O) groups excluding carboxylic acids is 1.